The van der Waals surface area contributed by atoms with Crippen LogP contribution in [0.3, 0.4) is 0 Å². The summed E-state index contributed by atoms with van der Waals surface area (Å²) in [6.45, 7) is 1.52. The third kappa shape index (κ3) is 4.67. The number of furan rings is 1. The van der Waals surface area contributed by atoms with Gasteiger partial charge >= 0.3 is 0 Å². The molecule has 6 heteroatoms. The highest BCUT2D eigenvalue weighted by Crippen LogP contribution is 2.38. The topological polar surface area (TPSA) is 75.4 Å². The number of hydrogen-bond acceptors (Lipinski definition) is 4. The molecule has 37 heavy (non-hydrogen) atoms. The molecule has 1 aliphatic heterocycles. The maximum Gasteiger partial charge on any atom is 0.254 e. The number of pyridine rings is 1. The summed E-state index contributed by atoms with van der Waals surface area (Å²) in [5, 5.41) is 3.87. The number of hydrogen-bond donors (Lipinski definition) is 1. The van der Waals surface area contributed by atoms with Gasteiger partial charge in [0, 0.05) is 24.4 Å². The second-order valence-electron chi connectivity index (χ2n) is 9.78. The number of likely N-dealkylation sites (tertiary alicyclic amines) is 1. The van der Waals surface area contributed by atoms with E-state index in [2.05, 4.69) is 23.5 Å². The fourth-order valence-electron chi connectivity index (χ4n) is 5.51. The van der Waals surface area contributed by atoms with Crippen molar-refractivity contribution in [1.82, 2.24) is 15.2 Å². The molecule has 6 rings (SSSR count). The Morgan fingerprint density at radius 1 is 0.973 bits per heavy atom. The smallest absolute Gasteiger partial charge is 0.254 e. The Morgan fingerprint density at radius 2 is 1.76 bits per heavy atom. The zero-order chi connectivity index (χ0) is 25.2. The second-order valence-corrected chi connectivity index (χ2v) is 9.78. The number of allylic oxidation sites excluding steroid dienone is 1. The molecular weight excluding hydrogens is 462 g/mol. The largest absolute Gasteiger partial charge is 0.467 e. The van der Waals surface area contributed by atoms with E-state index in [0.717, 1.165) is 51.9 Å². The van der Waals surface area contributed by atoms with E-state index >= 15 is 0 Å². The van der Waals surface area contributed by atoms with Crippen molar-refractivity contribution in [2.45, 2.75) is 32.2 Å². The predicted molar refractivity (Wildman–Crippen MR) is 144 cm³/mol. The van der Waals surface area contributed by atoms with Gasteiger partial charge in [-0.05, 0) is 66.7 Å². The second kappa shape index (κ2) is 10.1. The van der Waals surface area contributed by atoms with Gasteiger partial charge in [-0.25, -0.2) is 4.98 Å². The summed E-state index contributed by atoms with van der Waals surface area (Å²) < 4.78 is 5.30. The van der Waals surface area contributed by atoms with Gasteiger partial charge in [0.2, 0.25) is 5.91 Å². The molecule has 0 radical (unpaired) electrons. The van der Waals surface area contributed by atoms with Crippen LogP contribution in [0.1, 0.15) is 52.2 Å². The van der Waals surface area contributed by atoms with Crippen LogP contribution < -0.4 is 5.32 Å². The van der Waals surface area contributed by atoms with Crippen molar-refractivity contribution in [1.29, 1.82) is 0 Å². The molecule has 6 nitrogen and oxygen atoms in total. The first-order valence-corrected chi connectivity index (χ1v) is 12.9. The van der Waals surface area contributed by atoms with Crippen LogP contribution in [0.5, 0.6) is 0 Å². The Morgan fingerprint density at radius 3 is 2.54 bits per heavy atom. The summed E-state index contributed by atoms with van der Waals surface area (Å²) in [6.07, 6.45) is 6.77. The van der Waals surface area contributed by atoms with Gasteiger partial charge in [-0.1, -0.05) is 48.5 Å². The fraction of sp³-hybridized carbons (Fsp3) is 0.258. The zero-order valence-corrected chi connectivity index (χ0v) is 20.7. The molecule has 0 spiro atoms. The van der Waals surface area contributed by atoms with Crippen molar-refractivity contribution in [2.24, 2.45) is 5.92 Å². The van der Waals surface area contributed by atoms with Crippen molar-refractivity contribution >= 4 is 34.4 Å². The minimum atomic E-state index is -0.0979. The summed E-state index contributed by atoms with van der Waals surface area (Å²) in [6, 6.07) is 21.9. The van der Waals surface area contributed by atoms with E-state index in [9.17, 15) is 9.59 Å². The van der Waals surface area contributed by atoms with Gasteiger partial charge in [0.05, 0.1) is 29.6 Å². The number of carbonyl (C=O) groups is 2. The van der Waals surface area contributed by atoms with E-state index in [0.29, 0.717) is 32.5 Å². The molecule has 1 N–H and O–H groups in total. The number of nitrogens with one attached hydrogen (secondary N) is 1. The maximum atomic E-state index is 14.0. The number of para-hydroxylation sites is 1. The molecule has 2 amide bonds. The average molecular weight is 492 g/mol. The van der Waals surface area contributed by atoms with Crippen LogP contribution in [-0.4, -0.2) is 34.8 Å². The van der Waals surface area contributed by atoms with Crippen molar-refractivity contribution < 1.29 is 14.0 Å². The lowest BCUT2D eigenvalue weighted by Crippen LogP contribution is -2.43. The number of aromatic nitrogens is 1. The summed E-state index contributed by atoms with van der Waals surface area (Å²) in [5.41, 5.74) is 5.92. The summed E-state index contributed by atoms with van der Waals surface area (Å²) in [7, 11) is 0. The van der Waals surface area contributed by atoms with Crippen LogP contribution in [0, 0.1) is 5.92 Å². The lowest BCUT2D eigenvalue weighted by Gasteiger charge is -2.32. The van der Waals surface area contributed by atoms with Crippen LogP contribution in [0.15, 0.2) is 77.4 Å². The number of fused-ring (bicyclic) bond motifs is 2. The molecule has 0 bridgehead atoms. The van der Waals surface area contributed by atoms with Crippen molar-refractivity contribution in [3.63, 3.8) is 0 Å². The third-order valence-corrected chi connectivity index (χ3v) is 7.47. The number of carbonyl (C=O) groups excluding carboxylic acids is 2. The molecule has 1 saturated heterocycles. The Kier molecular flexibility index (Phi) is 6.31. The number of nitrogens with zero attached hydrogens (tertiary/aromatic N) is 2. The average Bonchev–Trinajstić information content (AvgIpc) is 3.61. The van der Waals surface area contributed by atoms with E-state index in [4.69, 9.17) is 9.40 Å². The van der Waals surface area contributed by atoms with Gasteiger partial charge in [-0.2, -0.15) is 0 Å². The zero-order valence-electron chi connectivity index (χ0n) is 20.7. The summed E-state index contributed by atoms with van der Waals surface area (Å²) in [5.74, 6) is 0.707. The molecule has 2 aliphatic rings. The normalized spacial score (nSPS) is 16.8. The Labute approximate surface area is 216 Å². The molecule has 0 unspecified atom stereocenters. The minimum Gasteiger partial charge on any atom is -0.467 e. The highest BCUT2D eigenvalue weighted by molar-refractivity contribution is 6.09. The summed E-state index contributed by atoms with van der Waals surface area (Å²) in [4.78, 5) is 33.6. The minimum absolute atomic E-state index is 0.0226. The van der Waals surface area contributed by atoms with Gasteiger partial charge in [0.1, 0.15) is 5.76 Å². The van der Waals surface area contributed by atoms with E-state index in [1.165, 1.54) is 5.57 Å². The van der Waals surface area contributed by atoms with Gasteiger partial charge < -0.3 is 14.6 Å². The van der Waals surface area contributed by atoms with Crippen LogP contribution >= 0.6 is 0 Å². The quantitative estimate of drug-likeness (QED) is 0.401. The Bertz CT molecular complexity index is 1470. The van der Waals surface area contributed by atoms with E-state index in [1.54, 1.807) is 6.26 Å². The van der Waals surface area contributed by atoms with E-state index < -0.39 is 0 Å². The first-order valence-electron chi connectivity index (χ1n) is 12.9. The first-order chi connectivity index (χ1) is 18.2. The monoisotopic (exact) mass is 491 g/mol. The SMILES string of the molecule is O=C(NCc1ccco1)C1CCN(C(=O)c2c3c(nc4ccccc24)/C(=C\c2ccccc2)CC3)CC1. The molecule has 1 fully saturated rings. The molecule has 2 aromatic carbocycles. The Hall–Kier alpha value is -4.19. The van der Waals surface area contributed by atoms with Crippen molar-refractivity contribution in [3.05, 3.63) is 101 Å². The molecule has 186 valence electrons. The number of rotatable bonds is 5. The van der Waals surface area contributed by atoms with Gasteiger partial charge in [0.25, 0.3) is 5.91 Å². The van der Waals surface area contributed by atoms with Gasteiger partial charge in [-0.15, -0.1) is 0 Å². The number of amides is 2. The Balaban J connectivity index is 1.23. The van der Waals surface area contributed by atoms with Crippen LogP contribution in [0.2, 0.25) is 0 Å². The van der Waals surface area contributed by atoms with Crippen LogP contribution in [0.25, 0.3) is 22.6 Å². The molecule has 4 aromatic rings. The van der Waals surface area contributed by atoms with Crippen molar-refractivity contribution in [2.75, 3.05) is 13.1 Å². The first kappa shape index (κ1) is 23.2. The molecule has 0 saturated carbocycles. The highest BCUT2D eigenvalue weighted by atomic mass is 16.3. The predicted octanol–water partition coefficient (Wildman–Crippen LogP) is 5.48. The summed E-state index contributed by atoms with van der Waals surface area (Å²) >= 11 is 0. The van der Waals surface area contributed by atoms with Gasteiger partial charge in [-0.3, -0.25) is 9.59 Å². The standard InChI is InChI=1S/C31H29N3O3/c35-30(32-20-24-9-6-18-37-24)22-14-16-34(17-15-22)31(36)28-25-10-4-5-11-27(25)33-29-23(12-13-26(28)29)19-21-7-2-1-3-8-21/h1-11,18-19,22H,12-17,20H2,(H,32,35)/b23-19-. The lowest BCUT2D eigenvalue weighted by atomic mass is 9.94. The highest BCUT2D eigenvalue weighted by Gasteiger charge is 2.32. The lowest BCUT2D eigenvalue weighted by molar-refractivity contribution is -0.126. The van der Waals surface area contributed by atoms with Crippen LogP contribution in [0.4, 0.5) is 0 Å². The fourth-order valence-corrected chi connectivity index (χ4v) is 5.51. The molecule has 3 heterocycles. The molecule has 1 aliphatic carbocycles. The van der Waals surface area contributed by atoms with E-state index in [1.807, 2.05) is 59.5 Å². The van der Waals surface area contributed by atoms with E-state index in [-0.39, 0.29) is 17.7 Å². The molecular formula is C31H29N3O3. The van der Waals surface area contributed by atoms with Crippen LogP contribution in [-0.2, 0) is 17.8 Å². The number of benzene rings is 2. The van der Waals surface area contributed by atoms with Gasteiger partial charge in [0.15, 0.2) is 0 Å². The van der Waals surface area contributed by atoms with Crippen molar-refractivity contribution in [3.8, 4) is 0 Å². The maximum absolute atomic E-state index is 14.0. The molecule has 2 aromatic heterocycles. The third-order valence-electron chi connectivity index (χ3n) is 7.47. The number of piperidine rings is 1. The molecule has 0 atom stereocenters.